The van der Waals surface area contributed by atoms with Gasteiger partial charge >= 0.3 is 30.8 Å². The molecule has 206 valence electrons. The number of methoxy groups -OCH3 is 1. The number of ether oxygens (including phenoxy) is 1. The van der Waals surface area contributed by atoms with Crippen molar-refractivity contribution in [3.8, 4) is 0 Å². The minimum Gasteiger partial charge on any atom is -0.870 e. The van der Waals surface area contributed by atoms with Crippen molar-refractivity contribution in [2.75, 3.05) is 43.1 Å². The van der Waals surface area contributed by atoms with E-state index in [1.165, 1.54) is 31.6 Å². The molecule has 0 aliphatic carbocycles. The van der Waals surface area contributed by atoms with Gasteiger partial charge in [0.15, 0.2) is 0 Å². The first kappa shape index (κ1) is 35.3. The minimum atomic E-state index is -0.733. The number of aliphatic carboxylic acids is 1. The summed E-state index contributed by atoms with van der Waals surface area (Å²) in [7, 11) is 1.42. The van der Waals surface area contributed by atoms with Crippen LogP contribution >= 0.6 is 0 Å². The average Bonchev–Trinajstić information content (AvgIpc) is 2.86. The molecule has 4 heterocycles. The number of carbonyl (C=O) groups is 2. The van der Waals surface area contributed by atoms with Gasteiger partial charge in [-0.1, -0.05) is 7.43 Å². The third-order valence-electron chi connectivity index (χ3n) is 6.45. The Bertz CT molecular complexity index is 953. The number of halogens is 2. The predicted molar refractivity (Wildman–Crippen MR) is 136 cm³/mol. The van der Waals surface area contributed by atoms with Crippen LogP contribution in [0.2, 0.25) is 0 Å². The van der Waals surface area contributed by atoms with Gasteiger partial charge in [0, 0.05) is 39.0 Å². The van der Waals surface area contributed by atoms with E-state index < -0.39 is 5.97 Å². The summed E-state index contributed by atoms with van der Waals surface area (Å²) in [6, 6.07) is 6.16. The van der Waals surface area contributed by atoms with Crippen molar-refractivity contribution in [1.82, 2.24) is 9.97 Å². The number of hydrogen-bond acceptors (Lipinski definition) is 8. The van der Waals surface area contributed by atoms with Crippen LogP contribution in [0.3, 0.4) is 0 Å². The molecule has 2 N–H and O–H groups in total. The van der Waals surface area contributed by atoms with E-state index in [-0.39, 0.29) is 61.7 Å². The molecule has 0 atom stereocenters. The Hall–Kier alpha value is -2.74. The number of hydrogen-bond donors (Lipinski definition) is 1. The molecule has 0 amide bonds. The Labute approximate surface area is 235 Å². The smallest absolute Gasteiger partial charge is 0.870 e. The Kier molecular flexibility index (Phi) is 16.4. The van der Waals surface area contributed by atoms with Crippen molar-refractivity contribution in [2.45, 2.75) is 46.0 Å². The number of anilines is 2. The summed E-state index contributed by atoms with van der Waals surface area (Å²) < 4.78 is 30.2. The van der Waals surface area contributed by atoms with Gasteiger partial charge in [-0.25, -0.2) is 18.7 Å². The van der Waals surface area contributed by atoms with Gasteiger partial charge in [0.05, 0.1) is 19.5 Å². The molecule has 0 saturated carbocycles. The molecule has 0 bridgehead atoms. The number of carboxylic acid groups (broad SMARTS) is 1. The van der Waals surface area contributed by atoms with Crippen LogP contribution in [0.15, 0.2) is 36.7 Å². The van der Waals surface area contributed by atoms with Crippen LogP contribution in [0.5, 0.6) is 0 Å². The van der Waals surface area contributed by atoms with E-state index in [9.17, 15) is 18.4 Å². The molecule has 12 heteroatoms. The zero-order valence-corrected chi connectivity index (χ0v) is 21.4. The number of pyridine rings is 2. The molecule has 2 aliphatic heterocycles. The third-order valence-corrected chi connectivity index (χ3v) is 6.45. The molecule has 2 fully saturated rings. The van der Waals surface area contributed by atoms with E-state index in [1.54, 1.807) is 12.1 Å². The van der Waals surface area contributed by atoms with Crippen molar-refractivity contribution in [3.05, 3.63) is 48.3 Å². The van der Waals surface area contributed by atoms with E-state index in [4.69, 9.17) is 5.11 Å². The monoisotopic (exact) mass is 530 g/mol. The molecule has 0 radical (unpaired) electrons. The van der Waals surface area contributed by atoms with Crippen molar-refractivity contribution in [2.24, 2.45) is 11.8 Å². The first-order chi connectivity index (χ1) is 16.8. The number of rotatable bonds is 6. The minimum absolute atomic E-state index is 0. The average molecular weight is 531 g/mol. The Balaban J connectivity index is 0.000000669. The molecule has 38 heavy (non-hydrogen) atoms. The van der Waals surface area contributed by atoms with Crippen LogP contribution in [0.4, 0.5) is 20.4 Å². The largest absolute Gasteiger partial charge is 1.00 e. The first-order valence-corrected chi connectivity index (χ1v) is 11.9. The molecule has 9 nitrogen and oxygen atoms in total. The summed E-state index contributed by atoms with van der Waals surface area (Å²) in [4.78, 5) is 34.0. The molecule has 2 aliphatic rings. The molecule has 0 aromatic carbocycles. The maximum atomic E-state index is 12.8. The molecule has 2 aromatic heterocycles. The maximum absolute atomic E-state index is 12.8. The van der Waals surface area contributed by atoms with Gasteiger partial charge in [-0.15, -0.1) is 0 Å². The zero-order chi connectivity index (χ0) is 25.2. The van der Waals surface area contributed by atoms with Gasteiger partial charge in [0.1, 0.15) is 23.3 Å². The molecule has 4 rings (SSSR count). The fraction of sp³-hybridized carbons (Fsp3) is 0.538. The topological polar surface area (TPSA) is 126 Å². The second-order valence-electron chi connectivity index (χ2n) is 8.91. The molecule has 0 unspecified atom stereocenters. The van der Waals surface area contributed by atoms with Crippen LogP contribution in [-0.2, 0) is 14.3 Å². The fourth-order valence-electron chi connectivity index (χ4n) is 4.41. The standard InChI is InChI=1S/C13H17FN2O2.C12H15FN2O2.CH4.Li.H2O/c1-18-13(17)8-10-4-6-16(7-5-10)12-3-2-11(14)9-15-12;13-10-1-2-11(14-8-10)15-5-3-9(4-6-15)7-12(16)17;;;/h2-3,9-10H,4-8H2,1H3;1-2,8-9H,3-7H2,(H,16,17);1H4;;1H2/q;;;+1;/p-1. The number of piperidine rings is 2. The summed E-state index contributed by atoms with van der Waals surface area (Å²) >= 11 is 0. The quantitative estimate of drug-likeness (QED) is 0.435. The van der Waals surface area contributed by atoms with E-state index >= 15 is 0 Å². The van der Waals surface area contributed by atoms with Gasteiger partial charge in [-0.3, -0.25) is 9.59 Å². The Morgan fingerprint density at radius 3 is 1.58 bits per heavy atom. The fourth-order valence-corrected chi connectivity index (χ4v) is 4.41. The van der Waals surface area contributed by atoms with Crippen molar-refractivity contribution < 1.29 is 52.6 Å². The Morgan fingerprint density at radius 2 is 1.26 bits per heavy atom. The molecule has 0 spiro atoms. The van der Waals surface area contributed by atoms with Crippen LogP contribution in [0.25, 0.3) is 0 Å². The summed E-state index contributed by atoms with van der Waals surface area (Å²) in [6.07, 6.45) is 6.75. The van der Waals surface area contributed by atoms with E-state index in [0.29, 0.717) is 12.3 Å². The zero-order valence-electron chi connectivity index (χ0n) is 21.4. The summed E-state index contributed by atoms with van der Waals surface area (Å²) in [5, 5.41) is 8.71. The summed E-state index contributed by atoms with van der Waals surface area (Å²) in [6.45, 7) is 3.27. The van der Waals surface area contributed by atoms with Crippen molar-refractivity contribution in [3.63, 3.8) is 0 Å². The number of aromatic nitrogens is 2. The molecule has 2 saturated heterocycles. The van der Waals surface area contributed by atoms with E-state index in [1.807, 2.05) is 0 Å². The molecule has 2 aromatic rings. The molecular weight excluding hydrogens is 493 g/mol. The summed E-state index contributed by atoms with van der Waals surface area (Å²) in [5.74, 6) is 0.664. The van der Waals surface area contributed by atoms with Gasteiger partial charge in [0.25, 0.3) is 0 Å². The number of esters is 1. The number of nitrogens with zero attached hydrogens (tertiary/aromatic N) is 4. The van der Waals surface area contributed by atoms with E-state index in [0.717, 1.165) is 63.5 Å². The van der Waals surface area contributed by atoms with Crippen molar-refractivity contribution in [1.29, 1.82) is 0 Å². The third kappa shape index (κ3) is 11.3. The first-order valence-electron chi connectivity index (χ1n) is 11.9. The number of carbonyl (C=O) groups excluding carboxylic acids is 1. The Morgan fingerprint density at radius 1 is 0.868 bits per heavy atom. The van der Waals surface area contributed by atoms with Gasteiger partial charge in [-0.05, 0) is 61.8 Å². The maximum Gasteiger partial charge on any atom is 1.00 e. The second-order valence-corrected chi connectivity index (χ2v) is 8.91. The van der Waals surface area contributed by atoms with Gasteiger partial charge in [-0.2, -0.15) is 0 Å². The number of carboxylic acids is 1. The van der Waals surface area contributed by atoms with E-state index in [2.05, 4.69) is 24.5 Å². The molecular formula is C26H37F2LiN4O5. The summed E-state index contributed by atoms with van der Waals surface area (Å²) in [5.41, 5.74) is 0. The van der Waals surface area contributed by atoms with Gasteiger partial charge in [0.2, 0.25) is 0 Å². The van der Waals surface area contributed by atoms with Crippen LogP contribution in [-0.4, -0.2) is 65.8 Å². The van der Waals surface area contributed by atoms with Crippen LogP contribution < -0.4 is 28.7 Å². The van der Waals surface area contributed by atoms with Crippen molar-refractivity contribution >= 4 is 23.6 Å². The van der Waals surface area contributed by atoms with Crippen LogP contribution in [0, 0.1) is 23.5 Å². The van der Waals surface area contributed by atoms with Gasteiger partial charge < -0.3 is 25.1 Å². The second kappa shape index (κ2) is 17.7. The SMILES string of the molecule is C.COC(=O)CC1CCN(c2ccc(F)cn2)CC1.O=C(O)CC1CCN(c2ccc(F)cn2)CC1.[Li+].[OH-]. The van der Waals surface area contributed by atoms with Crippen LogP contribution in [0.1, 0.15) is 46.0 Å². The normalized spacial score (nSPS) is 15.6. The predicted octanol–water partition coefficient (Wildman–Crippen LogP) is 1.38.